The van der Waals surface area contributed by atoms with Gasteiger partial charge in [0.05, 0.1) is 6.54 Å². The average Bonchev–Trinajstić information content (AvgIpc) is 3.44. The van der Waals surface area contributed by atoms with Crippen LogP contribution in [0, 0.1) is 5.92 Å². The summed E-state index contributed by atoms with van der Waals surface area (Å²) in [5.41, 5.74) is 0. The van der Waals surface area contributed by atoms with Crippen molar-refractivity contribution in [2.24, 2.45) is 10.9 Å². The highest BCUT2D eigenvalue weighted by atomic mass is 16.2. The van der Waals surface area contributed by atoms with Crippen molar-refractivity contribution in [2.75, 3.05) is 26.2 Å². The summed E-state index contributed by atoms with van der Waals surface area (Å²) >= 11 is 0. The van der Waals surface area contributed by atoms with Crippen molar-refractivity contribution in [1.82, 2.24) is 20.9 Å². The molecule has 0 radical (unpaired) electrons. The van der Waals surface area contributed by atoms with Crippen LogP contribution in [0.5, 0.6) is 0 Å². The number of nitrogens with one attached hydrogen (secondary N) is 3. The van der Waals surface area contributed by atoms with Gasteiger partial charge in [0.2, 0.25) is 11.8 Å². The monoisotopic (exact) mass is 391 g/mol. The first kappa shape index (κ1) is 20.9. The van der Waals surface area contributed by atoms with Crippen molar-refractivity contribution in [1.29, 1.82) is 0 Å². The fraction of sp³-hybridized carbons (Fsp3) is 0.857. The summed E-state index contributed by atoms with van der Waals surface area (Å²) < 4.78 is 0. The molecule has 0 spiro atoms. The largest absolute Gasteiger partial charge is 0.357 e. The Balaban J connectivity index is 1.41. The van der Waals surface area contributed by atoms with Gasteiger partial charge in [0.15, 0.2) is 5.96 Å². The number of carbonyl (C=O) groups is 2. The fourth-order valence-electron chi connectivity index (χ4n) is 4.66. The molecule has 7 nitrogen and oxygen atoms in total. The van der Waals surface area contributed by atoms with Crippen LogP contribution in [0.3, 0.4) is 0 Å². The summed E-state index contributed by atoms with van der Waals surface area (Å²) in [6.07, 6.45) is 10.5. The molecule has 1 saturated heterocycles. The fourth-order valence-corrected chi connectivity index (χ4v) is 4.66. The van der Waals surface area contributed by atoms with E-state index in [0.717, 1.165) is 57.7 Å². The predicted molar refractivity (Wildman–Crippen MR) is 111 cm³/mol. The second kappa shape index (κ2) is 10.7. The van der Waals surface area contributed by atoms with Crippen LogP contribution in [-0.2, 0) is 9.59 Å². The van der Waals surface area contributed by atoms with Crippen LogP contribution in [0.1, 0.15) is 71.1 Å². The first-order chi connectivity index (χ1) is 13.7. The van der Waals surface area contributed by atoms with Crippen molar-refractivity contribution in [2.45, 2.75) is 83.2 Å². The molecule has 3 fully saturated rings. The topological polar surface area (TPSA) is 85.8 Å². The molecule has 2 aliphatic carbocycles. The van der Waals surface area contributed by atoms with E-state index >= 15 is 0 Å². The Hall–Kier alpha value is -1.79. The van der Waals surface area contributed by atoms with Crippen molar-refractivity contribution >= 4 is 17.8 Å². The molecule has 1 unspecified atom stereocenters. The summed E-state index contributed by atoms with van der Waals surface area (Å²) in [6, 6.07) is 0.597. The summed E-state index contributed by atoms with van der Waals surface area (Å²) in [6.45, 7) is 4.87. The van der Waals surface area contributed by atoms with Gasteiger partial charge < -0.3 is 20.9 Å². The van der Waals surface area contributed by atoms with Gasteiger partial charge in [0, 0.05) is 44.1 Å². The lowest BCUT2D eigenvalue weighted by Gasteiger charge is -2.21. The average molecular weight is 392 g/mol. The Morgan fingerprint density at radius 1 is 0.964 bits per heavy atom. The number of carbonyl (C=O) groups excluding carboxylic acids is 2. The van der Waals surface area contributed by atoms with Crippen LogP contribution in [0.15, 0.2) is 4.99 Å². The molecule has 7 heteroatoms. The summed E-state index contributed by atoms with van der Waals surface area (Å²) in [5, 5.41) is 9.82. The van der Waals surface area contributed by atoms with Crippen LogP contribution < -0.4 is 16.0 Å². The van der Waals surface area contributed by atoms with Crippen molar-refractivity contribution in [3.8, 4) is 0 Å². The first-order valence-corrected chi connectivity index (χ1v) is 11.3. The minimum absolute atomic E-state index is 0.0979. The number of amides is 2. The molecule has 2 amide bonds. The maximum absolute atomic E-state index is 12.6. The Bertz CT molecular complexity index is 553. The van der Waals surface area contributed by atoms with Gasteiger partial charge in [-0.1, -0.05) is 25.7 Å². The van der Waals surface area contributed by atoms with E-state index in [1.165, 1.54) is 25.7 Å². The van der Waals surface area contributed by atoms with Gasteiger partial charge in [0.1, 0.15) is 0 Å². The highest BCUT2D eigenvalue weighted by Crippen LogP contribution is 2.27. The van der Waals surface area contributed by atoms with Gasteiger partial charge in [-0.05, 0) is 39.0 Å². The Morgan fingerprint density at radius 3 is 2.39 bits per heavy atom. The van der Waals surface area contributed by atoms with Crippen LogP contribution in [0.4, 0.5) is 0 Å². The minimum Gasteiger partial charge on any atom is -0.357 e. The Kier molecular flexibility index (Phi) is 7.98. The van der Waals surface area contributed by atoms with Crippen LogP contribution >= 0.6 is 0 Å². The molecule has 1 aliphatic heterocycles. The standard InChI is InChI=1S/C21H37N5O2/c1-2-22-21(23-13-11-19(27)24-17-9-5-6-10-17)25-18-12-14-26(15-18)20(28)16-7-3-4-8-16/h16-18H,2-15H2,1H3,(H,24,27)(H2,22,23,25). The van der Waals surface area contributed by atoms with Gasteiger partial charge in [-0.15, -0.1) is 0 Å². The zero-order chi connectivity index (χ0) is 19.8. The first-order valence-electron chi connectivity index (χ1n) is 11.3. The third-order valence-corrected chi connectivity index (χ3v) is 6.22. The highest BCUT2D eigenvalue weighted by Gasteiger charge is 2.32. The SMILES string of the molecule is CCNC(=NCCC(=O)NC1CCCC1)NC1CCN(C(=O)C2CCCC2)C1. The van der Waals surface area contributed by atoms with E-state index in [2.05, 4.69) is 20.9 Å². The molecule has 0 aromatic heterocycles. The van der Waals surface area contributed by atoms with Crippen molar-refractivity contribution in [3.63, 3.8) is 0 Å². The number of aliphatic imine (C=N–C) groups is 1. The lowest BCUT2D eigenvalue weighted by molar-refractivity contribution is -0.134. The lowest BCUT2D eigenvalue weighted by Crippen LogP contribution is -2.45. The number of nitrogens with zero attached hydrogens (tertiary/aromatic N) is 2. The zero-order valence-corrected chi connectivity index (χ0v) is 17.3. The van der Waals surface area contributed by atoms with E-state index in [9.17, 15) is 9.59 Å². The smallest absolute Gasteiger partial charge is 0.225 e. The lowest BCUT2D eigenvalue weighted by atomic mass is 10.1. The molecule has 2 saturated carbocycles. The number of likely N-dealkylation sites (tertiary alicyclic amines) is 1. The maximum atomic E-state index is 12.6. The predicted octanol–water partition coefficient (Wildman–Crippen LogP) is 1.78. The van der Waals surface area contributed by atoms with Gasteiger partial charge >= 0.3 is 0 Å². The molecule has 158 valence electrons. The maximum Gasteiger partial charge on any atom is 0.225 e. The molecule has 1 atom stereocenters. The Morgan fingerprint density at radius 2 is 1.68 bits per heavy atom. The zero-order valence-electron chi connectivity index (χ0n) is 17.3. The van der Waals surface area contributed by atoms with E-state index in [4.69, 9.17) is 0 Å². The van der Waals surface area contributed by atoms with Crippen molar-refractivity contribution in [3.05, 3.63) is 0 Å². The summed E-state index contributed by atoms with van der Waals surface area (Å²) in [7, 11) is 0. The second-order valence-electron chi connectivity index (χ2n) is 8.46. The van der Waals surface area contributed by atoms with E-state index in [0.29, 0.717) is 24.9 Å². The molecule has 28 heavy (non-hydrogen) atoms. The van der Waals surface area contributed by atoms with Gasteiger partial charge in [-0.25, -0.2) is 0 Å². The minimum atomic E-state index is 0.0979. The van der Waals surface area contributed by atoms with Gasteiger partial charge in [-0.3, -0.25) is 14.6 Å². The highest BCUT2D eigenvalue weighted by molar-refractivity contribution is 5.82. The number of rotatable bonds is 7. The van der Waals surface area contributed by atoms with E-state index in [-0.39, 0.29) is 17.9 Å². The summed E-state index contributed by atoms with van der Waals surface area (Å²) in [4.78, 5) is 31.3. The Labute approximate surface area is 169 Å². The second-order valence-corrected chi connectivity index (χ2v) is 8.46. The molecule has 3 aliphatic rings. The molecule has 1 heterocycles. The molecule has 0 aromatic carbocycles. The van der Waals surface area contributed by atoms with Crippen molar-refractivity contribution < 1.29 is 9.59 Å². The normalized spacial score (nSPS) is 24.0. The number of hydrogen-bond acceptors (Lipinski definition) is 3. The van der Waals surface area contributed by atoms with E-state index in [1.807, 2.05) is 11.8 Å². The molecular weight excluding hydrogens is 354 g/mol. The van der Waals surface area contributed by atoms with Gasteiger partial charge in [-0.2, -0.15) is 0 Å². The third kappa shape index (κ3) is 6.11. The van der Waals surface area contributed by atoms with E-state index < -0.39 is 0 Å². The third-order valence-electron chi connectivity index (χ3n) is 6.22. The summed E-state index contributed by atoms with van der Waals surface area (Å²) in [5.74, 6) is 1.43. The van der Waals surface area contributed by atoms with Crippen LogP contribution in [0.25, 0.3) is 0 Å². The molecule has 3 N–H and O–H groups in total. The quantitative estimate of drug-likeness (QED) is 0.456. The molecule has 3 rings (SSSR count). The van der Waals surface area contributed by atoms with Crippen LogP contribution in [-0.4, -0.2) is 60.9 Å². The number of guanidine groups is 1. The van der Waals surface area contributed by atoms with E-state index in [1.54, 1.807) is 0 Å². The van der Waals surface area contributed by atoms with Crippen LogP contribution in [0.2, 0.25) is 0 Å². The molecule has 0 bridgehead atoms. The van der Waals surface area contributed by atoms with Gasteiger partial charge in [0.25, 0.3) is 0 Å². The molecular formula is C21H37N5O2. The molecule has 0 aromatic rings. The number of hydrogen-bond donors (Lipinski definition) is 3.